The van der Waals surface area contributed by atoms with Crippen LogP contribution in [0.2, 0.25) is 0 Å². The first kappa shape index (κ1) is 10.0. The second-order valence-electron chi connectivity index (χ2n) is 3.89. The van der Waals surface area contributed by atoms with Crippen molar-refractivity contribution < 1.29 is 8.78 Å². The van der Waals surface area contributed by atoms with Gasteiger partial charge in [-0.25, -0.2) is 8.78 Å². The fourth-order valence-corrected chi connectivity index (χ4v) is 2.09. The highest BCUT2D eigenvalue weighted by Gasteiger charge is 2.15. The quantitative estimate of drug-likeness (QED) is 0.642. The topological polar surface area (TPSA) is 15.8 Å². The normalized spacial score (nSPS) is 11.2. The fraction of sp³-hybridized carbons (Fsp3) is 0. The van der Waals surface area contributed by atoms with Gasteiger partial charge in [-0.3, -0.25) is 0 Å². The van der Waals surface area contributed by atoms with E-state index in [1.807, 2.05) is 24.3 Å². The number of nitrogens with one attached hydrogen (secondary N) is 1. The van der Waals surface area contributed by atoms with Gasteiger partial charge in [-0.1, -0.05) is 30.9 Å². The number of para-hydroxylation sites is 1. The maximum atomic E-state index is 13.8. The molecule has 2 aromatic carbocycles. The van der Waals surface area contributed by atoms with Crippen molar-refractivity contribution >= 4 is 27.9 Å². The Hall–Kier alpha value is -2.16. The van der Waals surface area contributed by atoms with Gasteiger partial charge < -0.3 is 4.98 Å². The lowest BCUT2D eigenvalue weighted by atomic mass is 10.1. The van der Waals surface area contributed by atoms with E-state index in [4.69, 9.17) is 0 Å². The number of H-pyrrole nitrogens is 1. The Morgan fingerprint density at radius 3 is 2.59 bits per heavy atom. The number of hydrogen-bond donors (Lipinski definition) is 1. The van der Waals surface area contributed by atoms with Crippen LogP contribution in [0.1, 0.15) is 5.56 Å². The van der Waals surface area contributed by atoms with Gasteiger partial charge in [-0.05, 0) is 12.1 Å². The molecular formula is C14H9F2N. The predicted molar refractivity (Wildman–Crippen MR) is 65.8 cm³/mol. The first-order chi connectivity index (χ1) is 8.22. The first-order valence-corrected chi connectivity index (χ1v) is 5.23. The zero-order valence-corrected chi connectivity index (χ0v) is 8.93. The summed E-state index contributed by atoms with van der Waals surface area (Å²) in [6.07, 6.45) is 1.32. The summed E-state index contributed by atoms with van der Waals surface area (Å²) in [5, 5.41) is 1.55. The minimum atomic E-state index is -0.862. The summed E-state index contributed by atoms with van der Waals surface area (Å²) in [6.45, 7) is 3.49. The van der Waals surface area contributed by atoms with Crippen LogP contribution >= 0.6 is 0 Å². The Bertz CT molecular complexity index is 741. The SMILES string of the molecule is C=Cc1cc2c([nH]c3ccccc32)c(F)c1F. The molecule has 0 bridgehead atoms. The Kier molecular flexibility index (Phi) is 2.01. The summed E-state index contributed by atoms with van der Waals surface area (Å²) < 4.78 is 27.4. The molecule has 1 nitrogen and oxygen atoms in total. The van der Waals surface area contributed by atoms with Crippen LogP contribution in [-0.2, 0) is 0 Å². The molecule has 0 aliphatic rings. The molecule has 0 aliphatic heterocycles. The molecule has 17 heavy (non-hydrogen) atoms. The van der Waals surface area contributed by atoms with Crippen LogP contribution < -0.4 is 0 Å². The summed E-state index contributed by atoms with van der Waals surface area (Å²) in [4.78, 5) is 2.89. The molecule has 1 N–H and O–H groups in total. The van der Waals surface area contributed by atoms with E-state index in [1.54, 1.807) is 6.07 Å². The van der Waals surface area contributed by atoms with Crippen molar-refractivity contribution in [2.75, 3.05) is 0 Å². The minimum Gasteiger partial charge on any atom is -0.352 e. The van der Waals surface area contributed by atoms with Crippen LogP contribution in [0.15, 0.2) is 36.9 Å². The second-order valence-corrected chi connectivity index (χ2v) is 3.89. The van der Waals surface area contributed by atoms with Crippen molar-refractivity contribution in [1.82, 2.24) is 4.98 Å². The van der Waals surface area contributed by atoms with E-state index in [2.05, 4.69) is 11.6 Å². The van der Waals surface area contributed by atoms with E-state index < -0.39 is 11.6 Å². The third-order valence-electron chi connectivity index (χ3n) is 2.93. The largest absolute Gasteiger partial charge is 0.352 e. The standard InChI is InChI=1S/C14H9F2N/c1-2-8-7-10-9-5-3-4-6-11(9)17-14(10)13(16)12(8)15/h2-7,17H,1H2. The van der Waals surface area contributed by atoms with Crippen LogP contribution in [0.3, 0.4) is 0 Å². The third-order valence-corrected chi connectivity index (χ3v) is 2.93. The third kappa shape index (κ3) is 1.29. The maximum absolute atomic E-state index is 13.8. The van der Waals surface area contributed by atoms with Crippen LogP contribution in [0, 0.1) is 11.6 Å². The van der Waals surface area contributed by atoms with E-state index >= 15 is 0 Å². The Labute approximate surface area is 96.4 Å². The molecule has 0 fully saturated rings. The van der Waals surface area contributed by atoms with Gasteiger partial charge in [0.2, 0.25) is 0 Å². The molecule has 0 aliphatic carbocycles. The number of halogens is 2. The lowest BCUT2D eigenvalue weighted by molar-refractivity contribution is 0.514. The molecule has 3 rings (SSSR count). The van der Waals surface area contributed by atoms with Gasteiger partial charge in [-0.2, -0.15) is 0 Å². The Morgan fingerprint density at radius 2 is 1.82 bits per heavy atom. The molecule has 3 aromatic rings. The zero-order valence-electron chi connectivity index (χ0n) is 8.93. The van der Waals surface area contributed by atoms with Crippen molar-refractivity contribution in [1.29, 1.82) is 0 Å². The average molecular weight is 229 g/mol. The molecule has 3 heteroatoms. The van der Waals surface area contributed by atoms with Crippen LogP contribution in [-0.4, -0.2) is 4.98 Å². The summed E-state index contributed by atoms with van der Waals surface area (Å²) in [5.74, 6) is -1.72. The van der Waals surface area contributed by atoms with Gasteiger partial charge >= 0.3 is 0 Å². The molecule has 0 unspecified atom stereocenters. The molecule has 0 atom stereocenters. The Morgan fingerprint density at radius 1 is 1.06 bits per heavy atom. The molecule has 0 saturated carbocycles. The molecule has 1 aromatic heterocycles. The van der Waals surface area contributed by atoms with Gasteiger partial charge in [0.05, 0.1) is 5.52 Å². The summed E-state index contributed by atoms with van der Waals surface area (Å²) in [7, 11) is 0. The van der Waals surface area contributed by atoms with Crippen LogP contribution in [0.4, 0.5) is 8.78 Å². The van der Waals surface area contributed by atoms with Gasteiger partial charge in [0.15, 0.2) is 11.6 Å². The number of benzene rings is 2. The highest BCUT2D eigenvalue weighted by atomic mass is 19.2. The summed E-state index contributed by atoms with van der Waals surface area (Å²) in [5.41, 5.74) is 1.18. The van der Waals surface area contributed by atoms with E-state index in [-0.39, 0.29) is 11.1 Å². The molecule has 1 heterocycles. The summed E-state index contributed by atoms with van der Waals surface area (Å²) in [6, 6.07) is 9.03. The number of fused-ring (bicyclic) bond motifs is 3. The molecule has 0 amide bonds. The number of aromatic amines is 1. The van der Waals surface area contributed by atoms with Crippen LogP contribution in [0.5, 0.6) is 0 Å². The van der Waals surface area contributed by atoms with Crippen LogP contribution in [0.25, 0.3) is 27.9 Å². The van der Waals surface area contributed by atoms with Crippen molar-refractivity contribution in [2.24, 2.45) is 0 Å². The van der Waals surface area contributed by atoms with E-state index in [0.717, 1.165) is 10.9 Å². The smallest absolute Gasteiger partial charge is 0.183 e. The monoisotopic (exact) mass is 229 g/mol. The molecule has 0 radical (unpaired) electrons. The lowest BCUT2D eigenvalue weighted by Crippen LogP contribution is -1.90. The zero-order chi connectivity index (χ0) is 12.0. The van der Waals surface area contributed by atoms with E-state index in [0.29, 0.717) is 5.39 Å². The van der Waals surface area contributed by atoms with E-state index in [1.165, 1.54) is 6.08 Å². The highest BCUT2D eigenvalue weighted by molar-refractivity contribution is 6.08. The molecular weight excluding hydrogens is 220 g/mol. The van der Waals surface area contributed by atoms with Crippen molar-refractivity contribution in [3.63, 3.8) is 0 Å². The maximum Gasteiger partial charge on any atom is 0.183 e. The molecule has 0 spiro atoms. The number of aromatic nitrogens is 1. The first-order valence-electron chi connectivity index (χ1n) is 5.23. The van der Waals surface area contributed by atoms with E-state index in [9.17, 15) is 8.78 Å². The van der Waals surface area contributed by atoms with Gasteiger partial charge in [0.1, 0.15) is 0 Å². The fourth-order valence-electron chi connectivity index (χ4n) is 2.09. The lowest BCUT2D eigenvalue weighted by Gasteiger charge is -2.00. The number of hydrogen-bond acceptors (Lipinski definition) is 0. The van der Waals surface area contributed by atoms with Crippen molar-refractivity contribution in [3.05, 3.63) is 54.1 Å². The van der Waals surface area contributed by atoms with Gasteiger partial charge in [0.25, 0.3) is 0 Å². The highest BCUT2D eigenvalue weighted by Crippen LogP contribution is 2.30. The summed E-state index contributed by atoms with van der Waals surface area (Å²) >= 11 is 0. The van der Waals surface area contributed by atoms with Crippen molar-refractivity contribution in [3.8, 4) is 0 Å². The van der Waals surface area contributed by atoms with Gasteiger partial charge in [0, 0.05) is 21.9 Å². The molecule has 0 saturated heterocycles. The number of rotatable bonds is 1. The second kappa shape index (κ2) is 3.42. The average Bonchev–Trinajstić information content (AvgIpc) is 2.72. The van der Waals surface area contributed by atoms with Crippen molar-refractivity contribution in [2.45, 2.75) is 0 Å². The Balaban J connectivity index is 2.58. The minimum absolute atomic E-state index is 0.180. The predicted octanol–water partition coefficient (Wildman–Crippen LogP) is 4.24. The van der Waals surface area contributed by atoms with Gasteiger partial charge in [-0.15, -0.1) is 0 Å². The molecule has 84 valence electrons.